The second-order valence-corrected chi connectivity index (χ2v) is 6.40. The topological polar surface area (TPSA) is 66.4 Å². The molecule has 0 aliphatic heterocycles. The molecule has 2 unspecified atom stereocenters. The number of nitrogens with one attached hydrogen (secondary N) is 1. The molecule has 0 heterocycles. The van der Waals surface area contributed by atoms with E-state index in [4.69, 9.17) is 5.11 Å². The Kier molecular flexibility index (Phi) is 7.29. The zero-order valence-corrected chi connectivity index (χ0v) is 13.5. The average molecular weight is 309 g/mol. The van der Waals surface area contributed by atoms with Crippen molar-refractivity contribution < 1.29 is 14.7 Å². The van der Waals surface area contributed by atoms with Crippen molar-refractivity contribution in [2.24, 2.45) is 5.92 Å². The summed E-state index contributed by atoms with van der Waals surface area (Å²) >= 11 is 1.55. The standard InChI is InChI=1S/C16H23NO3S/c1-4-13(16(19)20)17-15(18)14(11(2)3)21-10-12-8-6-5-7-9-12/h5-9,11,13-14H,4,10H2,1-3H3,(H,17,18)(H,19,20). The van der Waals surface area contributed by atoms with Gasteiger partial charge in [0.2, 0.25) is 5.91 Å². The molecule has 5 heteroatoms. The van der Waals surface area contributed by atoms with Crippen LogP contribution in [0.4, 0.5) is 0 Å². The lowest BCUT2D eigenvalue weighted by Gasteiger charge is -2.22. The van der Waals surface area contributed by atoms with Crippen molar-refractivity contribution in [3.05, 3.63) is 35.9 Å². The van der Waals surface area contributed by atoms with E-state index in [1.807, 2.05) is 44.2 Å². The van der Waals surface area contributed by atoms with E-state index in [2.05, 4.69) is 5.32 Å². The molecule has 0 bridgehead atoms. The van der Waals surface area contributed by atoms with Gasteiger partial charge in [-0.1, -0.05) is 51.1 Å². The molecule has 0 aliphatic rings. The molecule has 1 aromatic carbocycles. The average Bonchev–Trinajstić information content (AvgIpc) is 2.45. The van der Waals surface area contributed by atoms with Gasteiger partial charge in [-0.05, 0) is 17.9 Å². The maximum atomic E-state index is 12.3. The number of aliphatic carboxylic acids is 1. The van der Waals surface area contributed by atoms with Crippen LogP contribution < -0.4 is 5.32 Å². The highest BCUT2D eigenvalue weighted by molar-refractivity contribution is 7.99. The maximum Gasteiger partial charge on any atom is 0.326 e. The van der Waals surface area contributed by atoms with Crippen LogP contribution in [0.5, 0.6) is 0 Å². The highest BCUT2D eigenvalue weighted by atomic mass is 32.2. The van der Waals surface area contributed by atoms with Gasteiger partial charge >= 0.3 is 5.97 Å². The number of rotatable bonds is 8. The van der Waals surface area contributed by atoms with Crippen LogP contribution in [0.2, 0.25) is 0 Å². The number of carboxylic acids is 1. The van der Waals surface area contributed by atoms with Crippen LogP contribution in [-0.2, 0) is 15.3 Å². The minimum Gasteiger partial charge on any atom is -0.480 e. The first-order valence-corrected chi connectivity index (χ1v) is 8.19. The van der Waals surface area contributed by atoms with E-state index >= 15 is 0 Å². The van der Waals surface area contributed by atoms with Gasteiger partial charge in [-0.15, -0.1) is 11.8 Å². The molecule has 116 valence electrons. The van der Waals surface area contributed by atoms with E-state index in [-0.39, 0.29) is 17.1 Å². The second kappa shape index (κ2) is 8.72. The van der Waals surface area contributed by atoms with Gasteiger partial charge in [0, 0.05) is 5.75 Å². The number of carbonyl (C=O) groups is 2. The van der Waals surface area contributed by atoms with E-state index < -0.39 is 12.0 Å². The molecule has 0 saturated carbocycles. The van der Waals surface area contributed by atoms with Crippen molar-refractivity contribution in [3.8, 4) is 0 Å². The van der Waals surface area contributed by atoms with Crippen molar-refractivity contribution in [2.75, 3.05) is 0 Å². The van der Waals surface area contributed by atoms with Crippen LogP contribution in [0.3, 0.4) is 0 Å². The van der Waals surface area contributed by atoms with Gasteiger partial charge in [0.05, 0.1) is 5.25 Å². The Morgan fingerprint density at radius 3 is 2.33 bits per heavy atom. The molecule has 0 spiro atoms. The molecule has 0 fully saturated rings. The molecule has 4 nitrogen and oxygen atoms in total. The summed E-state index contributed by atoms with van der Waals surface area (Å²) in [5.41, 5.74) is 1.16. The SMILES string of the molecule is CCC(NC(=O)C(SCc1ccccc1)C(C)C)C(=O)O. The van der Waals surface area contributed by atoms with Crippen LogP contribution in [-0.4, -0.2) is 28.3 Å². The first kappa shape index (κ1) is 17.6. The van der Waals surface area contributed by atoms with Crippen LogP contribution in [0, 0.1) is 5.92 Å². The molecule has 1 rings (SSSR count). The summed E-state index contributed by atoms with van der Waals surface area (Å²) in [4.78, 5) is 23.3. The minimum absolute atomic E-state index is 0.144. The summed E-state index contributed by atoms with van der Waals surface area (Å²) in [6.07, 6.45) is 0.384. The summed E-state index contributed by atoms with van der Waals surface area (Å²) in [5.74, 6) is -0.298. The lowest BCUT2D eigenvalue weighted by molar-refractivity contribution is -0.141. The fourth-order valence-electron chi connectivity index (χ4n) is 1.92. The number of benzene rings is 1. The number of carboxylic acid groups (broad SMARTS) is 1. The van der Waals surface area contributed by atoms with Crippen molar-refractivity contribution >= 4 is 23.6 Å². The number of amides is 1. The number of hydrogen-bond donors (Lipinski definition) is 2. The van der Waals surface area contributed by atoms with Gasteiger partial charge in [-0.2, -0.15) is 0 Å². The van der Waals surface area contributed by atoms with Crippen molar-refractivity contribution in [2.45, 2.75) is 44.2 Å². The van der Waals surface area contributed by atoms with Crippen molar-refractivity contribution in [1.82, 2.24) is 5.32 Å². The van der Waals surface area contributed by atoms with E-state index in [1.54, 1.807) is 18.7 Å². The van der Waals surface area contributed by atoms with Gasteiger partial charge in [0.25, 0.3) is 0 Å². The molecule has 1 aromatic rings. The Balaban J connectivity index is 2.64. The van der Waals surface area contributed by atoms with Gasteiger partial charge in [-0.25, -0.2) is 4.79 Å². The zero-order chi connectivity index (χ0) is 15.8. The molecule has 2 atom stereocenters. The normalized spacial score (nSPS) is 13.7. The van der Waals surface area contributed by atoms with Gasteiger partial charge in [-0.3, -0.25) is 4.79 Å². The molecule has 21 heavy (non-hydrogen) atoms. The summed E-state index contributed by atoms with van der Waals surface area (Å²) in [7, 11) is 0. The van der Waals surface area contributed by atoms with Gasteiger partial charge < -0.3 is 10.4 Å². The molecule has 0 radical (unpaired) electrons. The third-order valence-electron chi connectivity index (χ3n) is 3.16. The Labute approximate surface area is 130 Å². The van der Waals surface area contributed by atoms with Crippen LogP contribution in [0.25, 0.3) is 0 Å². The molecule has 0 aliphatic carbocycles. The van der Waals surface area contributed by atoms with E-state index in [0.29, 0.717) is 6.42 Å². The Morgan fingerprint density at radius 1 is 1.24 bits per heavy atom. The molecule has 2 N–H and O–H groups in total. The molecular weight excluding hydrogens is 286 g/mol. The predicted molar refractivity (Wildman–Crippen MR) is 86.2 cm³/mol. The lowest BCUT2D eigenvalue weighted by Crippen LogP contribution is -2.45. The van der Waals surface area contributed by atoms with Crippen molar-refractivity contribution in [3.63, 3.8) is 0 Å². The maximum absolute atomic E-state index is 12.3. The third kappa shape index (κ3) is 5.79. The highest BCUT2D eigenvalue weighted by Gasteiger charge is 2.26. The Bertz CT molecular complexity index is 462. The number of hydrogen-bond acceptors (Lipinski definition) is 3. The first-order chi connectivity index (χ1) is 9.95. The van der Waals surface area contributed by atoms with Crippen LogP contribution in [0.15, 0.2) is 30.3 Å². The van der Waals surface area contributed by atoms with Gasteiger partial charge in [0.15, 0.2) is 0 Å². The van der Waals surface area contributed by atoms with E-state index in [0.717, 1.165) is 11.3 Å². The summed E-state index contributed by atoms with van der Waals surface area (Å²) in [6.45, 7) is 5.70. The molecule has 1 amide bonds. The summed E-state index contributed by atoms with van der Waals surface area (Å²) in [5, 5.41) is 11.4. The Morgan fingerprint density at radius 2 is 1.86 bits per heavy atom. The molecule has 0 saturated heterocycles. The minimum atomic E-state index is -0.985. The lowest BCUT2D eigenvalue weighted by atomic mass is 10.1. The fraction of sp³-hybridized carbons (Fsp3) is 0.500. The van der Waals surface area contributed by atoms with Crippen molar-refractivity contribution in [1.29, 1.82) is 0 Å². The van der Waals surface area contributed by atoms with E-state index in [9.17, 15) is 9.59 Å². The van der Waals surface area contributed by atoms with E-state index in [1.165, 1.54) is 0 Å². The first-order valence-electron chi connectivity index (χ1n) is 7.14. The van der Waals surface area contributed by atoms with Crippen LogP contribution in [0.1, 0.15) is 32.8 Å². The Hall–Kier alpha value is -1.49. The van der Waals surface area contributed by atoms with Gasteiger partial charge in [0.1, 0.15) is 6.04 Å². The predicted octanol–water partition coefficient (Wildman–Crippen LogP) is 2.92. The van der Waals surface area contributed by atoms with Crippen LogP contribution >= 0.6 is 11.8 Å². The molecule has 0 aromatic heterocycles. The third-order valence-corrected chi connectivity index (χ3v) is 4.78. The monoisotopic (exact) mass is 309 g/mol. The largest absolute Gasteiger partial charge is 0.480 e. The smallest absolute Gasteiger partial charge is 0.326 e. The highest BCUT2D eigenvalue weighted by Crippen LogP contribution is 2.24. The number of carbonyl (C=O) groups excluding carboxylic acids is 1. The second-order valence-electron chi connectivity index (χ2n) is 5.27. The quantitative estimate of drug-likeness (QED) is 0.775. The zero-order valence-electron chi connectivity index (χ0n) is 12.7. The molecular formula is C16H23NO3S. The fourth-order valence-corrected chi connectivity index (χ4v) is 3.09. The number of thioether (sulfide) groups is 1. The summed E-state index contributed by atoms with van der Waals surface area (Å²) < 4.78 is 0. The summed E-state index contributed by atoms with van der Waals surface area (Å²) in [6, 6.07) is 9.13.